The third-order valence-electron chi connectivity index (χ3n) is 3.37. The molecule has 1 aliphatic rings. The van der Waals surface area contributed by atoms with Gasteiger partial charge in [-0.2, -0.15) is 0 Å². The molecule has 0 amide bonds. The van der Waals surface area contributed by atoms with Gasteiger partial charge in [-0.05, 0) is 38.6 Å². The number of thioether (sulfide) groups is 1. The van der Waals surface area contributed by atoms with E-state index in [4.69, 9.17) is 4.42 Å². The van der Waals surface area contributed by atoms with Gasteiger partial charge in [-0.15, -0.1) is 0 Å². The van der Waals surface area contributed by atoms with E-state index < -0.39 is 0 Å². The van der Waals surface area contributed by atoms with Crippen LogP contribution in [0.4, 0.5) is 0 Å². The highest BCUT2D eigenvalue weighted by molar-refractivity contribution is 7.99. The molecule has 1 heterocycles. The van der Waals surface area contributed by atoms with Crippen LogP contribution in [0.1, 0.15) is 38.8 Å². The normalized spacial score (nSPS) is 29.5. The second-order valence-electron chi connectivity index (χ2n) is 4.99. The second-order valence-corrected chi connectivity index (χ2v) is 6.18. The summed E-state index contributed by atoms with van der Waals surface area (Å²) in [7, 11) is 0. The number of hydrogen-bond donors (Lipinski definition) is 1. The molecule has 4 heteroatoms. The fraction of sp³-hybridized carbons (Fsp3) is 0.769. The molecule has 1 aromatic heterocycles. The zero-order valence-electron chi connectivity index (χ0n) is 10.9. The summed E-state index contributed by atoms with van der Waals surface area (Å²) in [4.78, 5) is 4.39. The number of hydrogen-bond acceptors (Lipinski definition) is 4. The van der Waals surface area contributed by atoms with Gasteiger partial charge in [0, 0.05) is 11.3 Å². The van der Waals surface area contributed by atoms with Crippen molar-refractivity contribution >= 4 is 11.8 Å². The number of aromatic nitrogens is 1. The smallest absolute Gasteiger partial charge is 0.256 e. The first-order valence-electron chi connectivity index (χ1n) is 6.51. The van der Waals surface area contributed by atoms with E-state index in [0.29, 0.717) is 11.3 Å². The van der Waals surface area contributed by atoms with Gasteiger partial charge in [0.05, 0.1) is 5.69 Å². The Kier molecular flexibility index (Phi) is 4.51. The number of aryl methyl sites for hydroxylation is 1. The second kappa shape index (κ2) is 5.91. The number of nitrogens with one attached hydrogen (secondary N) is 1. The van der Waals surface area contributed by atoms with Gasteiger partial charge < -0.3 is 9.73 Å². The Hall–Kier alpha value is -0.480. The fourth-order valence-electron chi connectivity index (χ4n) is 2.47. The van der Waals surface area contributed by atoms with Gasteiger partial charge in [0.25, 0.3) is 5.22 Å². The van der Waals surface area contributed by atoms with E-state index in [-0.39, 0.29) is 0 Å². The summed E-state index contributed by atoms with van der Waals surface area (Å²) in [5, 5.41) is 5.01. The van der Waals surface area contributed by atoms with Crippen molar-refractivity contribution < 1.29 is 4.42 Å². The maximum Gasteiger partial charge on any atom is 0.256 e. The molecule has 1 aromatic rings. The summed E-state index contributed by atoms with van der Waals surface area (Å²) in [6.07, 6.45) is 5.59. The molecular formula is C13H22N2OS. The first kappa shape index (κ1) is 13.0. The average Bonchev–Trinajstić information content (AvgIpc) is 2.68. The molecule has 1 saturated carbocycles. The summed E-state index contributed by atoms with van der Waals surface area (Å²) in [6.45, 7) is 7.53. The first-order valence-corrected chi connectivity index (χ1v) is 7.39. The molecule has 0 spiro atoms. The first-order chi connectivity index (χ1) is 8.19. The third-order valence-corrected chi connectivity index (χ3v) is 4.58. The lowest BCUT2D eigenvalue weighted by atomic mass is 9.87. The molecule has 3 atom stereocenters. The molecule has 96 valence electrons. The lowest BCUT2D eigenvalue weighted by Crippen LogP contribution is -2.42. The van der Waals surface area contributed by atoms with Crippen LogP contribution in [-0.2, 0) is 0 Å². The topological polar surface area (TPSA) is 38.1 Å². The standard InChI is InChI=1S/C13H22N2OS/c1-4-14-11-6-5-9(2)7-12(11)17-13-15-10(3)8-16-13/h8-9,11-12,14H,4-7H2,1-3H3. The molecule has 17 heavy (non-hydrogen) atoms. The molecule has 0 bridgehead atoms. The Bertz CT molecular complexity index is 353. The number of oxazole rings is 1. The van der Waals surface area contributed by atoms with Crippen molar-refractivity contribution in [2.45, 2.75) is 56.5 Å². The van der Waals surface area contributed by atoms with Crippen molar-refractivity contribution in [2.24, 2.45) is 5.92 Å². The summed E-state index contributed by atoms with van der Waals surface area (Å²) in [5.74, 6) is 0.818. The molecule has 0 aromatic carbocycles. The van der Waals surface area contributed by atoms with Crippen molar-refractivity contribution in [1.82, 2.24) is 10.3 Å². The summed E-state index contributed by atoms with van der Waals surface area (Å²) >= 11 is 1.80. The molecule has 0 radical (unpaired) electrons. The van der Waals surface area contributed by atoms with Crippen LogP contribution in [0.2, 0.25) is 0 Å². The Morgan fingerprint density at radius 1 is 1.53 bits per heavy atom. The van der Waals surface area contributed by atoms with Gasteiger partial charge in [0.15, 0.2) is 0 Å². The fourth-order valence-corrected chi connectivity index (χ4v) is 3.85. The zero-order valence-corrected chi connectivity index (χ0v) is 11.7. The molecular weight excluding hydrogens is 232 g/mol. The average molecular weight is 254 g/mol. The molecule has 3 unspecified atom stereocenters. The minimum absolute atomic E-state index is 0.594. The molecule has 2 rings (SSSR count). The van der Waals surface area contributed by atoms with E-state index in [2.05, 4.69) is 24.1 Å². The third kappa shape index (κ3) is 3.49. The van der Waals surface area contributed by atoms with Gasteiger partial charge >= 0.3 is 0 Å². The molecule has 0 aliphatic heterocycles. The van der Waals surface area contributed by atoms with E-state index in [9.17, 15) is 0 Å². The summed E-state index contributed by atoms with van der Waals surface area (Å²) in [6, 6.07) is 0.605. The van der Waals surface area contributed by atoms with Crippen LogP contribution >= 0.6 is 11.8 Å². The molecule has 1 fully saturated rings. The van der Waals surface area contributed by atoms with Gasteiger partial charge in [0.1, 0.15) is 6.26 Å². The van der Waals surface area contributed by atoms with Crippen molar-refractivity contribution in [3.8, 4) is 0 Å². The van der Waals surface area contributed by atoms with Crippen LogP contribution in [0, 0.1) is 12.8 Å². The Morgan fingerprint density at radius 3 is 3.00 bits per heavy atom. The Morgan fingerprint density at radius 2 is 2.35 bits per heavy atom. The molecule has 1 N–H and O–H groups in total. The maximum absolute atomic E-state index is 5.45. The number of nitrogens with zero attached hydrogens (tertiary/aromatic N) is 1. The van der Waals surface area contributed by atoms with Crippen LogP contribution in [0.15, 0.2) is 15.9 Å². The quantitative estimate of drug-likeness (QED) is 0.895. The van der Waals surface area contributed by atoms with E-state index in [0.717, 1.165) is 23.4 Å². The zero-order chi connectivity index (χ0) is 12.3. The van der Waals surface area contributed by atoms with E-state index >= 15 is 0 Å². The monoisotopic (exact) mass is 254 g/mol. The highest BCUT2D eigenvalue weighted by Crippen LogP contribution is 2.35. The highest BCUT2D eigenvalue weighted by atomic mass is 32.2. The Labute approximate surface area is 108 Å². The predicted octanol–water partition coefficient (Wildman–Crippen LogP) is 3.24. The molecule has 3 nitrogen and oxygen atoms in total. The van der Waals surface area contributed by atoms with Crippen LogP contribution in [0.3, 0.4) is 0 Å². The van der Waals surface area contributed by atoms with Crippen molar-refractivity contribution in [2.75, 3.05) is 6.54 Å². The van der Waals surface area contributed by atoms with Crippen molar-refractivity contribution in [1.29, 1.82) is 0 Å². The van der Waals surface area contributed by atoms with Crippen LogP contribution in [-0.4, -0.2) is 22.8 Å². The van der Waals surface area contributed by atoms with Gasteiger partial charge in [0.2, 0.25) is 0 Å². The van der Waals surface area contributed by atoms with Crippen LogP contribution in [0.25, 0.3) is 0 Å². The van der Waals surface area contributed by atoms with Crippen molar-refractivity contribution in [3.05, 3.63) is 12.0 Å². The van der Waals surface area contributed by atoms with Gasteiger partial charge in [-0.1, -0.05) is 25.6 Å². The minimum Gasteiger partial charge on any atom is -0.440 e. The van der Waals surface area contributed by atoms with E-state index in [1.807, 2.05) is 6.92 Å². The number of rotatable bonds is 4. The van der Waals surface area contributed by atoms with Crippen LogP contribution < -0.4 is 5.32 Å². The van der Waals surface area contributed by atoms with Crippen molar-refractivity contribution in [3.63, 3.8) is 0 Å². The SMILES string of the molecule is CCNC1CCC(C)CC1Sc1nc(C)co1. The maximum atomic E-state index is 5.45. The Balaban J connectivity index is 1.99. The van der Waals surface area contributed by atoms with Gasteiger partial charge in [-0.3, -0.25) is 0 Å². The molecule has 0 saturated heterocycles. The predicted molar refractivity (Wildman–Crippen MR) is 71.4 cm³/mol. The lowest BCUT2D eigenvalue weighted by Gasteiger charge is -2.34. The lowest BCUT2D eigenvalue weighted by molar-refractivity contribution is 0.318. The van der Waals surface area contributed by atoms with E-state index in [1.165, 1.54) is 19.3 Å². The minimum atomic E-state index is 0.594. The summed E-state index contributed by atoms with van der Waals surface area (Å²) < 4.78 is 5.45. The summed E-state index contributed by atoms with van der Waals surface area (Å²) in [5.41, 5.74) is 0.969. The highest BCUT2D eigenvalue weighted by Gasteiger charge is 2.29. The van der Waals surface area contributed by atoms with E-state index in [1.54, 1.807) is 18.0 Å². The largest absolute Gasteiger partial charge is 0.440 e. The van der Waals surface area contributed by atoms with Gasteiger partial charge in [-0.25, -0.2) is 4.98 Å². The molecule has 1 aliphatic carbocycles. The van der Waals surface area contributed by atoms with Crippen LogP contribution in [0.5, 0.6) is 0 Å².